The third-order valence-electron chi connectivity index (χ3n) is 3.10. The number of hydrogen-bond donors (Lipinski definition) is 3. The number of aliphatic hydroxyl groups is 1. The summed E-state index contributed by atoms with van der Waals surface area (Å²) in [4.78, 5) is 3.17. The van der Waals surface area contributed by atoms with Gasteiger partial charge in [-0.1, -0.05) is 6.07 Å². The Morgan fingerprint density at radius 1 is 1.39 bits per heavy atom. The van der Waals surface area contributed by atoms with Crippen LogP contribution in [0, 0.1) is 0 Å². The molecule has 4 nitrogen and oxygen atoms in total. The van der Waals surface area contributed by atoms with Crippen LogP contribution >= 0.6 is 0 Å². The summed E-state index contributed by atoms with van der Waals surface area (Å²) in [6.07, 6.45) is 2.76. The van der Waals surface area contributed by atoms with Crippen LogP contribution in [0.2, 0.25) is 0 Å². The fourth-order valence-electron chi connectivity index (χ4n) is 1.99. The minimum absolute atomic E-state index is 0.0897. The maximum atomic E-state index is 9.25. The summed E-state index contributed by atoms with van der Waals surface area (Å²) in [7, 11) is 1.67. The van der Waals surface area contributed by atoms with Crippen LogP contribution in [0.1, 0.15) is 12.0 Å². The molecule has 3 N–H and O–H groups in total. The molecule has 0 aliphatic carbocycles. The standard InChI is InChI=1S/C14H20N2O2/c1-18-7-5-13(10-17)16-9-11-2-3-14-12(8-11)4-6-15-14/h2-4,6,8,13,15-17H,5,7,9-10H2,1H3. The first-order valence-corrected chi connectivity index (χ1v) is 6.22. The van der Waals surface area contributed by atoms with Crippen molar-refractivity contribution in [1.29, 1.82) is 0 Å². The fourth-order valence-corrected chi connectivity index (χ4v) is 1.99. The van der Waals surface area contributed by atoms with Crippen LogP contribution in [0.25, 0.3) is 10.9 Å². The Hall–Kier alpha value is -1.36. The van der Waals surface area contributed by atoms with Gasteiger partial charge in [-0.3, -0.25) is 0 Å². The number of H-pyrrole nitrogens is 1. The van der Waals surface area contributed by atoms with Gasteiger partial charge in [0.15, 0.2) is 0 Å². The second kappa shape index (κ2) is 6.54. The van der Waals surface area contributed by atoms with Gasteiger partial charge in [0, 0.05) is 38.0 Å². The number of fused-ring (bicyclic) bond motifs is 1. The van der Waals surface area contributed by atoms with Gasteiger partial charge in [-0.05, 0) is 35.6 Å². The molecular formula is C14H20N2O2. The van der Waals surface area contributed by atoms with E-state index in [2.05, 4.69) is 34.6 Å². The molecule has 0 radical (unpaired) electrons. The van der Waals surface area contributed by atoms with Gasteiger partial charge < -0.3 is 20.1 Å². The van der Waals surface area contributed by atoms with Gasteiger partial charge in [-0.15, -0.1) is 0 Å². The molecule has 2 rings (SSSR count). The molecular weight excluding hydrogens is 228 g/mol. The average Bonchev–Trinajstić information content (AvgIpc) is 2.86. The van der Waals surface area contributed by atoms with Crippen molar-refractivity contribution < 1.29 is 9.84 Å². The van der Waals surface area contributed by atoms with Crippen molar-refractivity contribution in [1.82, 2.24) is 10.3 Å². The molecule has 0 bridgehead atoms. The van der Waals surface area contributed by atoms with Crippen molar-refractivity contribution in [2.24, 2.45) is 0 Å². The van der Waals surface area contributed by atoms with Crippen molar-refractivity contribution in [2.75, 3.05) is 20.3 Å². The van der Waals surface area contributed by atoms with Crippen LogP contribution in [0.15, 0.2) is 30.5 Å². The number of aromatic amines is 1. The molecule has 1 unspecified atom stereocenters. The molecule has 0 spiro atoms. The summed E-state index contributed by atoms with van der Waals surface area (Å²) in [5.74, 6) is 0. The lowest BCUT2D eigenvalue weighted by Crippen LogP contribution is -2.33. The number of methoxy groups -OCH3 is 1. The highest BCUT2D eigenvalue weighted by molar-refractivity contribution is 5.79. The van der Waals surface area contributed by atoms with Crippen molar-refractivity contribution >= 4 is 10.9 Å². The number of nitrogens with one attached hydrogen (secondary N) is 2. The maximum Gasteiger partial charge on any atom is 0.0585 e. The largest absolute Gasteiger partial charge is 0.395 e. The second-order valence-electron chi connectivity index (χ2n) is 4.44. The lowest BCUT2D eigenvalue weighted by Gasteiger charge is -2.15. The molecule has 2 aromatic rings. The zero-order chi connectivity index (χ0) is 12.8. The third-order valence-corrected chi connectivity index (χ3v) is 3.10. The minimum Gasteiger partial charge on any atom is -0.395 e. The maximum absolute atomic E-state index is 9.25. The first-order chi connectivity index (χ1) is 8.83. The van der Waals surface area contributed by atoms with Crippen molar-refractivity contribution in [3.8, 4) is 0 Å². The van der Waals surface area contributed by atoms with E-state index in [1.165, 1.54) is 10.9 Å². The number of aliphatic hydroxyl groups excluding tert-OH is 1. The Balaban J connectivity index is 1.91. The van der Waals surface area contributed by atoms with Crippen LogP contribution in [0.3, 0.4) is 0 Å². The summed E-state index contributed by atoms with van der Waals surface area (Å²) in [6.45, 7) is 1.56. The molecule has 1 aromatic heterocycles. The van der Waals surface area contributed by atoms with Crippen LogP contribution in [0.4, 0.5) is 0 Å². The quantitative estimate of drug-likeness (QED) is 0.698. The van der Waals surface area contributed by atoms with Crippen LogP contribution < -0.4 is 5.32 Å². The molecule has 0 saturated heterocycles. The predicted octanol–water partition coefficient (Wildman–Crippen LogP) is 1.65. The first kappa shape index (κ1) is 13.1. The Morgan fingerprint density at radius 2 is 2.28 bits per heavy atom. The molecule has 0 saturated carbocycles. The fraction of sp³-hybridized carbons (Fsp3) is 0.429. The SMILES string of the molecule is COCCC(CO)NCc1ccc2[nH]ccc2c1. The average molecular weight is 248 g/mol. The number of benzene rings is 1. The van der Waals surface area contributed by atoms with Gasteiger partial charge in [0.2, 0.25) is 0 Å². The summed E-state index contributed by atoms with van der Waals surface area (Å²) in [5.41, 5.74) is 2.37. The van der Waals surface area contributed by atoms with Crippen LogP contribution in [0.5, 0.6) is 0 Å². The normalized spacial score (nSPS) is 13.0. The summed E-state index contributed by atoms with van der Waals surface area (Å²) < 4.78 is 5.02. The number of aromatic nitrogens is 1. The van der Waals surface area contributed by atoms with Crippen molar-refractivity contribution in [3.05, 3.63) is 36.0 Å². The topological polar surface area (TPSA) is 57.3 Å². The Kier molecular flexibility index (Phi) is 4.75. The van der Waals surface area contributed by atoms with Crippen molar-refractivity contribution in [2.45, 2.75) is 19.0 Å². The highest BCUT2D eigenvalue weighted by Gasteiger charge is 2.06. The number of rotatable bonds is 7. The van der Waals surface area contributed by atoms with E-state index in [9.17, 15) is 5.11 Å². The van der Waals surface area contributed by atoms with Crippen LogP contribution in [-0.4, -0.2) is 36.5 Å². The second-order valence-corrected chi connectivity index (χ2v) is 4.44. The van der Waals surface area contributed by atoms with Gasteiger partial charge in [0.25, 0.3) is 0 Å². The zero-order valence-electron chi connectivity index (χ0n) is 10.6. The molecule has 1 aromatic carbocycles. The van der Waals surface area contributed by atoms with Gasteiger partial charge >= 0.3 is 0 Å². The number of hydrogen-bond acceptors (Lipinski definition) is 3. The Bertz CT molecular complexity index is 481. The van der Waals surface area contributed by atoms with E-state index in [1.54, 1.807) is 7.11 Å². The zero-order valence-corrected chi connectivity index (χ0v) is 10.6. The van der Waals surface area contributed by atoms with Gasteiger partial charge in [0.05, 0.1) is 6.61 Å². The smallest absolute Gasteiger partial charge is 0.0585 e. The highest BCUT2D eigenvalue weighted by atomic mass is 16.5. The van der Waals surface area contributed by atoms with Gasteiger partial charge in [0.1, 0.15) is 0 Å². The third kappa shape index (κ3) is 3.32. The van der Waals surface area contributed by atoms with Gasteiger partial charge in [-0.25, -0.2) is 0 Å². The van der Waals surface area contributed by atoms with E-state index < -0.39 is 0 Å². The summed E-state index contributed by atoms with van der Waals surface area (Å²) in [5, 5.41) is 13.8. The molecule has 1 heterocycles. The first-order valence-electron chi connectivity index (χ1n) is 6.22. The van der Waals surface area contributed by atoms with E-state index in [0.717, 1.165) is 18.5 Å². The number of ether oxygens (including phenoxy) is 1. The van der Waals surface area contributed by atoms with E-state index in [-0.39, 0.29) is 12.6 Å². The lowest BCUT2D eigenvalue weighted by molar-refractivity contribution is 0.159. The van der Waals surface area contributed by atoms with E-state index >= 15 is 0 Å². The van der Waals surface area contributed by atoms with Gasteiger partial charge in [-0.2, -0.15) is 0 Å². The summed E-state index contributed by atoms with van der Waals surface area (Å²) >= 11 is 0. The van der Waals surface area contributed by atoms with Crippen LogP contribution in [-0.2, 0) is 11.3 Å². The molecule has 0 fully saturated rings. The molecule has 4 heteroatoms. The molecule has 0 aliphatic heterocycles. The van der Waals surface area contributed by atoms with E-state index in [0.29, 0.717) is 6.61 Å². The Morgan fingerprint density at radius 3 is 3.06 bits per heavy atom. The Labute approximate surface area is 107 Å². The van der Waals surface area contributed by atoms with E-state index in [4.69, 9.17) is 4.74 Å². The highest BCUT2D eigenvalue weighted by Crippen LogP contribution is 2.14. The molecule has 0 amide bonds. The van der Waals surface area contributed by atoms with Crippen molar-refractivity contribution in [3.63, 3.8) is 0 Å². The van der Waals surface area contributed by atoms with E-state index in [1.807, 2.05) is 6.20 Å². The molecule has 0 aliphatic rings. The lowest BCUT2D eigenvalue weighted by atomic mass is 10.1. The molecule has 18 heavy (non-hydrogen) atoms. The predicted molar refractivity (Wildman–Crippen MR) is 72.5 cm³/mol. The minimum atomic E-state index is 0.0897. The molecule has 1 atom stereocenters. The monoisotopic (exact) mass is 248 g/mol. The molecule has 98 valence electrons. The summed E-state index contributed by atoms with van der Waals surface area (Å²) in [6, 6.07) is 8.48.